The summed E-state index contributed by atoms with van der Waals surface area (Å²) < 4.78 is 5.38. The molecule has 1 N–H and O–H groups in total. The summed E-state index contributed by atoms with van der Waals surface area (Å²) in [6.45, 7) is 2.01. The molecule has 19 heavy (non-hydrogen) atoms. The Morgan fingerprint density at radius 1 is 1.63 bits per heavy atom. The smallest absolute Gasteiger partial charge is 0.332 e. The number of hydrogen-bond acceptors (Lipinski definition) is 7. The monoisotopic (exact) mass is 297 g/mol. The van der Waals surface area contributed by atoms with Gasteiger partial charge in [0.1, 0.15) is 26.3 Å². The predicted octanol–water partition coefficient (Wildman–Crippen LogP) is -0.308. The van der Waals surface area contributed by atoms with Gasteiger partial charge in [0.2, 0.25) is 0 Å². The molecule has 2 rings (SSSR count). The number of rotatable bonds is 2. The van der Waals surface area contributed by atoms with Gasteiger partial charge in [0.25, 0.3) is 5.56 Å². The fourth-order valence-corrected chi connectivity index (χ4v) is 3.03. The summed E-state index contributed by atoms with van der Waals surface area (Å²) in [6.07, 6.45) is 2.62. The van der Waals surface area contributed by atoms with Gasteiger partial charge in [-0.05, 0) is 5.75 Å². The Hall–Kier alpha value is -1.67. The zero-order chi connectivity index (χ0) is 13.8. The van der Waals surface area contributed by atoms with Crippen LogP contribution in [0.5, 0.6) is 0 Å². The average Bonchev–Trinajstić information content (AvgIpc) is 2.97. The normalized spacial score (nSPS) is 17.8. The molecular formula is C11H11N3O3S2. The van der Waals surface area contributed by atoms with E-state index in [-0.39, 0.29) is 10.1 Å². The number of esters is 1. The molecule has 0 aromatic carbocycles. The molecule has 1 aliphatic heterocycles. The molecule has 1 aromatic heterocycles. The molecule has 0 saturated carbocycles. The van der Waals surface area contributed by atoms with Crippen molar-refractivity contribution < 1.29 is 9.53 Å². The second-order valence-corrected chi connectivity index (χ2v) is 5.68. The van der Waals surface area contributed by atoms with E-state index < -0.39 is 5.97 Å². The number of H-pyrrole nitrogens is 1. The minimum absolute atomic E-state index is 0.289. The van der Waals surface area contributed by atoms with Crippen LogP contribution in [0, 0.1) is 0 Å². The third-order valence-electron chi connectivity index (χ3n) is 2.17. The van der Waals surface area contributed by atoms with E-state index in [9.17, 15) is 9.59 Å². The van der Waals surface area contributed by atoms with Crippen LogP contribution >= 0.6 is 23.1 Å². The molecule has 8 heteroatoms. The maximum Gasteiger partial charge on any atom is 0.332 e. The van der Waals surface area contributed by atoms with E-state index in [0.717, 1.165) is 28.2 Å². The molecule has 0 aliphatic carbocycles. The van der Waals surface area contributed by atoms with Crippen molar-refractivity contribution in [3.63, 3.8) is 0 Å². The average molecular weight is 297 g/mol. The fraction of sp³-hybridized carbons (Fsp3) is 0.273. The molecule has 0 spiro atoms. The summed E-state index contributed by atoms with van der Waals surface area (Å²) in [7, 11) is 1.26. The number of carbonyl (C=O) groups excluding carboxylic acids is 1. The van der Waals surface area contributed by atoms with Gasteiger partial charge < -0.3 is 9.72 Å². The van der Waals surface area contributed by atoms with Crippen LogP contribution in [-0.4, -0.2) is 35.2 Å². The number of aromatic nitrogens is 1. The van der Waals surface area contributed by atoms with Crippen LogP contribution in [0.2, 0.25) is 0 Å². The van der Waals surface area contributed by atoms with Crippen molar-refractivity contribution in [2.24, 2.45) is 9.98 Å². The highest BCUT2D eigenvalue weighted by molar-refractivity contribution is 8.15. The van der Waals surface area contributed by atoms with Gasteiger partial charge in [0.05, 0.1) is 7.11 Å². The van der Waals surface area contributed by atoms with Gasteiger partial charge >= 0.3 is 5.97 Å². The summed E-state index contributed by atoms with van der Waals surface area (Å²) in [5, 5.41) is 0.768. The first kappa shape index (κ1) is 13.8. The van der Waals surface area contributed by atoms with E-state index in [2.05, 4.69) is 19.7 Å². The lowest BCUT2D eigenvalue weighted by molar-refractivity contribution is -0.133. The SMILES string of the molecule is CCSC1=NC=N/C1=c1\[nH]c(=O)/c(=C/C(=O)OC)s1. The zero-order valence-electron chi connectivity index (χ0n) is 10.3. The van der Waals surface area contributed by atoms with Crippen molar-refractivity contribution >= 4 is 52.2 Å². The first-order chi connectivity index (χ1) is 9.15. The van der Waals surface area contributed by atoms with Crippen LogP contribution in [0.3, 0.4) is 0 Å². The summed E-state index contributed by atoms with van der Waals surface area (Å²) in [6, 6.07) is 0. The lowest BCUT2D eigenvalue weighted by Gasteiger charge is -1.95. The maximum absolute atomic E-state index is 11.7. The van der Waals surface area contributed by atoms with Gasteiger partial charge in [-0.1, -0.05) is 6.92 Å². The minimum atomic E-state index is -0.560. The van der Waals surface area contributed by atoms with Crippen LogP contribution in [0.15, 0.2) is 14.8 Å². The minimum Gasteiger partial charge on any atom is -0.466 e. The molecule has 100 valence electrons. The lowest BCUT2D eigenvalue weighted by atomic mass is 10.5. The second kappa shape index (κ2) is 5.98. The maximum atomic E-state index is 11.7. The van der Waals surface area contributed by atoms with E-state index in [1.54, 1.807) is 11.8 Å². The molecule has 0 fully saturated rings. The molecular weight excluding hydrogens is 286 g/mol. The summed E-state index contributed by atoms with van der Waals surface area (Å²) in [4.78, 5) is 33.8. The zero-order valence-corrected chi connectivity index (χ0v) is 11.9. The van der Waals surface area contributed by atoms with Crippen molar-refractivity contribution in [1.29, 1.82) is 0 Å². The standard InChI is InChI=1S/C11H11N3O3S2/c1-3-18-10-8(12-5-13-10)11-14-9(16)6(19-11)4-7(15)17-2/h4-5H,3H2,1-2H3,(H,14,16)/b6-4-,11-8+. The number of ether oxygens (including phenoxy) is 1. The van der Waals surface area contributed by atoms with Crippen LogP contribution in [0.1, 0.15) is 6.92 Å². The summed E-state index contributed by atoms with van der Waals surface area (Å²) in [5.41, 5.74) is 0.305. The van der Waals surface area contributed by atoms with Gasteiger partial charge in [-0.3, -0.25) is 4.79 Å². The Balaban J connectivity index is 2.54. The molecule has 2 heterocycles. The number of thioether (sulfide) groups is 1. The Bertz CT molecular complexity index is 727. The highest BCUT2D eigenvalue weighted by Gasteiger charge is 2.13. The van der Waals surface area contributed by atoms with E-state index in [1.807, 2.05) is 6.92 Å². The molecule has 0 bridgehead atoms. The van der Waals surface area contributed by atoms with Crippen molar-refractivity contribution in [2.45, 2.75) is 6.92 Å². The Morgan fingerprint density at radius 3 is 3.11 bits per heavy atom. The third kappa shape index (κ3) is 3.02. The lowest BCUT2D eigenvalue weighted by Crippen LogP contribution is -2.21. The van der Waals surface area contributed by atoms with Crippen molar-refractivity contribution in [3.05, 3.63) is 19.5 Å². The van der Waals surface area contributed by atoms with Gasteiger partial charge in [0.15, 0.2) is 0 Å². The Morgan fingerprint density at radius 2 is 2.42 bits per heavy atom. The van der Waals surface area contributed by atoms with Crippen molar-refractivity contribution in [3.8, 4) is 0 Å². The second-order valence-electron chi connectivity index (χ2n) is 3.38. The number of aliphatic imine (C=N–C) groups is 2. The number of hydrogen-bond donors (Lipinski definition) is 1. The van der Waals surface area contributed by atoms with Gasteiger partial charge in [-0.15, -0.1) is 23.1 Å². The van der Waals surface area contributed by atoms with Crippen molar-refractivity contribution in [2.75, 3.05) is 12.9 Å². The third-order valence-corrected chi connectivity index (χ3v) is 4.06. The number of aromatic amines is 1. The highest BCUT2D eigenvalue weighted by atomic mass is 32.2. The molecule has 0 atom stereocenters. The van der Waals surface area contributed by atoms with Gasteiger partial charge in [-0.25, -0.2) is 14.8 Å². The van der Waals surface area contributed by atoms with E-state index in [0.29, 0.717) is 10.4 Å². The van der Waals surface area contributed by atoms with E-state index in [4.69, 9.17) is 0 Å². The number of methoxy groups -OCH3 is 1. The molecule has 0 unspecified atom stereocenters. The van der Waals surface area contributed by atoms with E-state index in [1.165, 1.54) is 13.4 Å². The Kier molecular flexibility index (Phi) is 4.33. The number of carbonyl (C=O) groups is 1. The summed E-state index contributed by atoms with van der Waals surface area (Å²) in [5.74, 6) is 0.304. The quantitative estimate of drug-likeness (QED) is 0.759. The molecule has 1 aliphatic rings. The molecule has 6 nitrogen and oxygen atoms in total. The highest BCUT2D eigenvalue weighted by Crippen LogP contribution is 2.16. The van der Waals surface area contributed by atoms with Crippen LogP contribution in [-0.2, 0) is 9.53 Å². The predicted molar refractivity (Wildman–Crippen MR) is 78.1 cm³/mol. The van der Waals surface area contributed by atoms with Gasteiger partial charge in [0, 0.05) is 6.08 Å². The number of nitrogens with zero attached hydrogens (tertiary/aromatic N) is 2. The first-order valence-electron chi connectivity index (χ1n) is 5.42. The topological polar surface area (TPSA) is 83.9 Å². The van der Waals surface area contributed by atoms with Crippen LogP contribution in [0.25, 0.3) is 11.8 Å². The number of nitrogens with one attached hydrogen (secondary N) is 1. The number of thiazole rings is 1. The Labute approximate surface area is 116 Å². The van der Waals surface area contributed by atoms with Crippen LogP contribution in [0.4, 0.5) is 0 Å². The fourth-order valence-electron chi connectivity index (χ4n) is 1.37. The van der Waals surface area contributed by atoms with Crippen LogP contribution < -0.4 is 14.8 Å². The largest absolute Gasteiger partial charge is 0.466 e. The first-order valence-corrected chi connectivity index (χ1v) is 7.22. The summed E-state index contributed by atoms with van der Waals surface area (Å²) >= 11 is 2.71. The molecule has 0 amide bonds. The van der Waals surface area contributed by atoms with Gasteiger partial charge in [-0.2, -0.15) is 0 Å². The van der Waals surface area contributed by atoms with Crippen molar-refractivity contribution in [1.82, 2.24) is 4.98 Å². The molecule has 0 saturated heterocycles. The molecule has 1 aromatic rings. The van der Waals surface area contributed by atoms with E-state index >= 15 is 0 Å². The molecule has 0 radical (unpaired) electrons.